The van der Waals surface area contributed by atoms with Crippen molar-refractivity contribution in [2.75, 3.05) is 26.3 Å². The largest absolute Gasteiger partial charge is 0.381 e. The van der Waals surface area contributed by atoms with E-state index in [1.807, 2.05) is 40.8 Å². The quantitative estimate of drug-likeness (QED) is 0.670. The Labute approximate surface area is 163 Å². The van der Waals surface area contributed by atoms with Crippen LogP contribution in [0.4, 0.5) is 4.39 Å². The first-order valence-corrected chi connectivity index (χ1v) is 9.75. The van der Waals surface area contributed by atoms with Gasteiger partial charge in [0.1, 0.15) is 11.5 Å². The Morgan fingerprint density at radius 2 is 1.89 bits per heavy atom. The SMILES string of the molecule is CCOCC1CCN(C(=O)c2ccc3nc(-c4ccc(F)cc4)cn3c2)CC1. The van der Waals surface area contributed by atoms with Crippen molar-refractivity contribution in [1.82, 2.24) is 14.3 Å². The highest BCUT2D eigenvalue weighted by Gasteiger charge is 2.24. The molecule has 0 atom stereocenters. The van der Waals surface area contributed by atoms with Gasteiger partial charge in [0.05, 0.1) is 11.3 Å². The van der Waals surface area contributed by atoms with E-state index in [1.54, 1.807) is 12.1 Å². The fourth-order valence-electron chi connectivity index (χ4n) is 3.65. The lowest BCUT2D eigenvalue weighted by molar-refractivity contribution is 0.0551. The van der Waals surface area contributed by atoms with Gasteiger partial charge in [-0.15, -0.1) is 0 Å². The number of nitrogens with zero attached hydrogens (tertiary/aromatic N) is 3. The summed E-state index contributed by atoms with van der Waals surface area (Å²) in [7, 11) is 0. The third-order valence-corrected chi connectivity index (χ3v) is 5.30. The van der Waals surface area contributed by atoms with Gasteiger partial charge in [0.25, 0.3) is 5.91 Å². The van der Waals surface area contributed by atoms with E-state index >= 15 is 0 Å². The molecule has 0 aliphatic carbocycles. The molecule has 0 radical (unpaired) electrons. The van der Waals surface area contributed by atoms with Crippen LogP contribution < -0.4 is 0 Å². The van der Waals surface area contributed by atoms with Crippen molar-refractivity contribution in [1.29, 1.82) is 0 Å². The Hall–Kier alpha value is -2.73. The number of fused-ring (bicyclic) bond motifs is 1. The van der Waals surface area contributed by atoms with Gasteiger partial charge in [0.15, 0.2) is 0 Å². The fraction of sp³-hybridized carbons (Fsp3) is 0.364. The minimum atomic E-state index is -0.273. The van der Waals surface area contributed by atoms with Crippen molar-refractivity contribution in [3.63, 3.8) is 0 Å². The number of rotatable bonds is 5. The Balaban J connectivity index is 1.48. The lowest BCUT2D eigenvalue weighted by Crippen LogP contribution is -2.39. The second-order valence-corrected chi connectivity index (χ2v) is 7.21. The molecule has 1 amide bonds. The van der Waals surface area contributed by atoms with Gasteiger partial charge in [-0.1, -0.05) is 0 Å². The lowest BCUT2D eigenvalue weighted by atomic mass is 9.97. The normalized spacial score (nSPS) is 15.3. The fourth-order valence-corrected chi connectivity index (χ4v) is 3.65. The number of hydrogen-bond donors (Lipinski definition) is 0. The summed E-state index contributed by atoms with van der Waals surface area (Å²) in [5.41, 5.74) is 3.00. The summed E-state index contributed by atoms with van der Waals surface area (Å²) in [5, 5.41) is 0. The highest BCUT2D eigenvalue weighted by atomic mass is 19.1. The van der Waals surface area contributed by atoms with Crippen LogP contribution in [0.15, 0.2) is 48.8 Å². The molecule has 6 heteroatoms. The number of likely N-dealkylation sites (tertiary alicyclic amines) is 1. The van der Waals surface area contributed by atoms with Gasteiger partial charge in [-0.05, 0) is 62.1 Å². The number of amides is 1. The van der Waals surface area contributed by atoms with Crippen LogP contribution in [0.1, 0.15) is 30.1 Å². The number of carbonyl (C=O) groups is 1. The number of carbonyl (C=O) groups excluding carboxylic acids is 1. The van der Waals surface area contributed by atoms with Gasteiger partial charge in [-0.3, -0.25) is 4.79 Å². The van der Waals surface area contributed by atoms with Crippen molar-refractivity contribution in [3.05, 3.63) is 60.2 Å². The number of benzene rings is 1. The van der Waals surface area contributed by atoms with Crippen LogP contribution >= 0.6 is 0 Å². The number of pyridine rings is 1. The zero-order valence-corrected chi connectivity index (χ0v) is 16.0. The number of piperidine rings is 1. The number of halogens is 1. The second-order valence-electron chi connectivity index (χ2n) is 7.21. The molecule has 3 aromatic rings. The zero-order valence-electron chi connectivity index (χ0n) is 16.0. The van der Waals surface area contributed by atoms with Crippen LogP contribution in [0, 0.1) is 11.7 Å². The van der Waals surface area contributed by atoms with Crippen LogP contribution in [0.5, 0.6) is 0 Å². The maximum atomic E-state index is 13.1. The molecule has 0 unspecified atom stereocenters. The van der Waals surface area contributed by atoms with Crippen LogP contribution in [-0.4, -0.2) is 46.5 Å². The van der Waals surface area contributed by atoms with Crippen molar-refractivity contribution in [3.8, 4) is 11.3 Å². The average molecular weight is 381 g/mol. The van der Waals surface area contributed by atoms with E-state index in [0.29, 0.717) is 11.5 Å². The summed E-state index contributed by atoms with van der Waals surface area (Å²) in [6.07, 6.45) is 5.65. The smallest absolute Gasteiger partial charge is 0.255 e. The molecule has 0 bridgehead atoms. The van der Waals surface area contributed by atoms with Gasteiger partial charge in [0.2, 0.25) is 0 Å². The van der Waals surface area contributed by atoms with E-state index in [0.717, 1.165) is 56.0 Å². The third-order valence-electron chi connectivity index (χ3n) is 5.30. The molecule has 0 spiro atoms. The van der Waals surface area contributed by atoms with E-state index in [4.69, 9.17) is 4.74 Å². The van der Waals surface area contributed by atoms with Crippen molar-refractivity contribution >= 4 is 11.6 Å². The minimum absolute atomic E-state index is 0.0498. The van der Waals surface area contributed by atoms with Gasteiger partial charge in [-0.2, -0.15) is 0 Å². The Bertz CT molecular complexity index is 960. The molecule has 0 N–H and O–H groups in total. The molecule has 146 valence electrons. The van der Waals surface area contributed by atoms with Gasteiger partial charge >= 0.3 is 0 Å². The van der Waals surface area contributed by atoms with Crippen LogP contribution in [-0.2, 0) is 4.74 Å². The topological polar surface area (TPSA) is 46.8 Å². The summed E-state index contributed by atoms with van der Waals surface area (Å²) in [5.74, 6) is 0.317. The number of aromatic nitrogens is 2. The van der Waals surface area contributed by atoms with E-state index < -0.39 is 0 Å². The van der Waals surface area contributed by atoms with E-state index in [2.05, 4.69) is 4.98 Å². The van der Waals surface area contributed by atoms with Crippen molar-refractivity contribution in [2.45, 2.75) is 19.8 Å². The summed E-state index contributed by atoms with van der Waals surface area (Å²) in [6.45, 7) is 5.06. The summed E-state index contributed by atoms with van der Waals surface area (Å²) < 4.78 is 20.5. The minimum Gasteiger partial charge on any atom is -0.381 e. The Morgan fingerprint density at radius 1 is 1.14 bits per heavy atom. The van der Waals surface area contributed by atoms with Crippen molar-refractivity contribution < 1.29 is 13.9 Å². The van der Waals surface area contributed by atoms with Crippen LogP contribution in [0.3, 0.4) is 0 Å². The number of hydrogen-bond acceptors (Lipinski definition) is 3. The molecule has 2 aromatic heterocycles. The molecular formula is C22H24FN3O2. The Morgan fingerprint density at radius 3 is 2.61 bits per heavy atom. The summed E-state index contributed by atoms with van der Waals surface area (Å²) in [6, 6.07) is 9.92. The molecule has 1 aliphatic heterocycles. The molecule has 0 saturated carbocycles. The number of imidazole rings is 1. The molecule has 1 aromatic carbocycles. The maximum Gasteiger partial charge on any atom is 0.255 e. The molecule has 28 heavy (non-hydrogen) atoms. The van der Waals surface area contributed by atoms with E-state index in [1.165, 1.54) is 12.1 Å². The van der Waals surface area contributed by atoms with Gasteiger partial charge < -0.3 is 14.0 Å². The zero-order chi connectivity index (χ0) is 19.5. The second kappa shape index (κ2) is 8.10. The summed E-state index contributed by atoms with van der Waals surface area (Å²) in [4.78, 5) is 19.4. The molecule has 1 fully saturated rings. The molecule has 1 saturated heterocycles. The van der Waals surface area contributed by atoms with E-state index in [-0.39, 0.29) is 11.7 Å². The predicted molar refractivity (Wildman–Crippen MR) is 106 cm³/mol. The first-order chi connectivity index (χ1) is 13.6. The van der Waals surface area contributed by atoms with Crippen LogP contribution in [0.2, 0.25) is 0 Å². The predicted octanol–water partition coefficient (Wildman–Crippen LogP) is 4.03. The maximum absolute atomic E-state index is 13.1. The van der Waals surface area contributed by atoms with Crippen LogP contribution in [0.25, 0.3) is 16.9 Å². The average Bonchev–Trinajstić information content (AvgIpc) is 3.16. The number of ether oxygens (including phenoxy) is 1. The highest BCUT2D eigenvalue weighted by Crippen LogP contribution is 2.22. The van der Waals surface area contributed by atoms with E-state index in [9.17, 15) is 9.18 Å². The van der Waals surface area contributed by atoms with Crippen molar-refractivity contribution in [2.24, 2.45) is 5.92 Å². The highest BCUT2D eigenvalue weighted by molar-refractivity contribution is 5.94. The van der Waals surface area contributed by atoms with Gasteiger partial charge in [0, 0.05) is 44.3 Å². The molecule has 4 rings (SSSR count). The first kappa shape index (κ1) is 18.6. The monoisotopic (exact) mass is 381 g/mol. The summed E-state index contributed by atoms with van der Waals surface area (Å²) >= 11 is 0. The third kappa shape index (κ3) is 3.92. The standard InChI is InChI=1S/C22H24FN3O2/c1-2-28-15-16-9-11-25(12-10-16)22(27)18-5-8-21-24-20(14-26(21)13-18)17-3-6-19(23)7-4-17/h3-8,13-14,16H,2,9-12,15H2,1H3. The molecule has 5 nitrogen and oxygen atoms in total. The molecule has 1 aliphatic rings. The molecular weight excluding hydrogens is 357 g/mol. The molecule has 3 heterocycles. The lowest BCUT2D eigenvalue weighted by Gasteiger charge is -2.31. The Kier molecular flexibility index (Phi) is 5.39. The first-order valence-electron chi connectivity index (χ1n) is 9.75. The van der Waals surface area contributed by atoms with Gasteiger partial charge in [-0.25, -0.2) is 9.37 Å².